The molecule has 0 aromatic carbocycles. The summed E-state index contributed by atoms with van der Waals surface area (Å²) in [6.07, 6.45) is 7.16. The van der Waals surface area contributed by atoms with Gasteiger partial charge < -0.3 is 0 Å². The second-order valence-corrected chi connectivity index (χ2v) is 3.10. The number of aromatic nitrogens is 3. The van der Waals surface area contributed by atoms with Gasteiger partial charge in [0, 0.05) is 35.6 Å². The van der Waals surface area contributed by atoms with E-state index in [0.29, 0.717) is 0 Å². The molecule has 0 radical (unpaired) electrons. The Hall–Kier alpha value is -2.03. The Morgan fingerprint density at radius 2 is 1.86 bits per heavy atom. The smallest absolute Gasteiger partial charge is 0.159 e. The van der Waals surface area contributed by atoms with Crippen molar-refractivity contribution in [1.82, 2.24) is 15.0 Å². The van der Waals surface area contributed by atoms with Gasteiger partial charge >= 0.3 is 0 Å². The van der Waals surface area contributed by atoms with Gasteiger partial charge in [-0.1, -0.05) is 0 Å². The molecule has 0 N–H and O–H groups in total. The van der Waals surface area contributed by atoms with Crippen molar-refractivity contribution >= 4 is 21.8 Å². The van der Waals surface area contributed by atoms with E-state index in [4.69, 9.17) is 0 Å². The summed E-state index contributed by atoms with van der Waals surface area (Å²) in [4.78, 5) is 12.5. The summed E-state index contributed by atoms with van der Waals surface area (Å²) in [5.41, 5.74) is 0.784. The first kappa shape index (κ1) is 7.38. The zero-order valence-electron chi connectivity index (χ0n) is 7.38. The normalized spacial score (nSPS) is 10.9. The topological polar surface area (TPSA) is 38.7 Å². The highest BCUT2D eigenvalue weighted by molar-refractivity contribution is 6.03. The number of nitrogens with zero attached hydrogens (tertiary/aromatic N) is 3. The maximum Gasteiger partial charge on any atom is 0.159 e. The van der Waals surface area contributed by atoms with Crippen LogP contribution in [0, 0.1) is 0 Å². The van der Waals surface area contributed by atoms with E-state index in [1.54, 1.807) is 18.6 Å². The molecule has 0 aliphatic rings. The Morgan fingerprint density at radius 1 is 0.857 bits per heavy atom. The molecule has 0 atom stereocenters. The molecule has 0 bridgehead atoms. The van der Waals surface area contributed by atoms with Crippen molar-refractivity contribution in [1.29, 1.82) is 0 Å². The number of hydrogen-bond donors (Lipinski definition) is 0. The number of fused-ring (bicyclic) bond motifs is 3. The lowest BCUT2D eigenvalue weighted by Crippen LogP contribution is -1.84. The van der Waals surface area contributed by atoms with Crippen molar-refractivity contribution in [3.8, 4) is 0 Å². The summed E-state index contributed by atoms with van der Waals surface area (Å²) >= 11 is 0. The monoisotopic (exact) mass is 181 g/mol. The van der Waals surface area contributed by atoms with Crippen molar-refractivity contribution in [2.75, 3.05) is 0 Å². The van der Waals surface area contributed by atoms with Gasteiger partial charge in [0.25, 0.3) is 0 Å². The molecule has 3 rings (SSSR count). The predicted molar refractivity (Wildman–Crippen MR) is 54.8 cm³/mol. The van der Waals surface area contributed by atoms with Crippen molar-refractivity contribution in [2.24, 2.45) is 0 Å². The number of pyridine rings is 3. The molecule has 3 aromatic rings. The third kappa shape index (κ3) is 0.956. The molecular weight excluding hydrogens is 174 g/mol. The molecule has 3 heterocycles. The zero-order chi connectivity index (χ0) is 9.38. The van der Waals surface area contributed by atoms with Crippen LogP contribution in [0.15, 0.2) is 43.0 Å². The molecule has 0 aliphatic carbocycles. The van der Waals surface area contributed by atoms with E-state index < -0.39 is 0 Å². The first-order valence-electron chi connectivity index (χ1n) is 4.38. The fourth-order valence-corrected chi connectivity index (χ4v) is 1.60. The Balaban J connectivity index is 2.61. The molecule has 3 heteroatoms. The lowest BCUT2D eigenvalue weighted by molar-refractivity contribution is 1.29. The van der Waals surface area contributed by atoms with E-state index in [1.165, 1.54) is 0 Å². The highest BCUT2D eigenvalue weighted by Crippen LogP contribution is 2.20. The average molecular weight is 181 g/mol. The molecule has 0 unspecified atom stereocenters. The SMILES string of the molecule is c1cnc2ncc3cnccc3c2c1. The maximum atomic E-state index is 4.26. The Labute approximate surface area is 80.5 Å². The molecule has 3 aromatic heterocycles. The first-order chi connectivity index (χ1) is 6.95. The Morgan fingerprint density at radius 3 is 2.86 bits per heavy atom. The van der Waals surface area contributed by atoms with Gasteiger partial charge in [0.05, 0.1) is 0 Å². The fraction of sp³-hybridized carbons (Fsp3) is 0. The standard InChI is InChI=1S/C11H7N3/c1-2-10-9-3-5-12-6-8(9)7-14-11(10)13-4-1/h1-7H. The minimum atomic E-state index is 0.784. The van der Waals surface area contributed by atoms with Gasteiger partial charge in [-0.05, 0) is 23.6 Å². The largest absolute Gasteiger partial charge is 0.264 e. The van der Waals surface area contributed by atoms with Gasteiger partial charge in [0.1, 0.15) is 0 Å². The van der Waals surface area contributed by atoms with Gasteiger partial charge in [-0.3, -0.25) is 4.98 Å². The van der Waals surface area contributed by atoms with Crippen LogP contribution in [0.5, 0.6) is 0 Å². The lowest BCUT2D eigenvalue weighted by Gasteiger charge is -2.00. The van der Waals surface area contributed by atoms with Crippen molar-refractivity contribution < 1.29 is 0 Å². The van der Waals surface area contributed by atoms with E-state index in [9.17, 15) is 0 Å². The second kappa shape index (κ2) is 2.73. The van der Waals surface area contributed by atoms with Crippen LogP contribution in [-0.4, -0.2) is 15.0 Å². The van der Waals surface area contributed by atoms with Gasteiger partial charge in [-0.25, -0.2) is 9.97 Å². The minimum Gasteiger partial charge on any atom is -0.264 e. The highest BCUT2D eigenvalue weighted by atomic mass is 14.8. The number of rotatable bonds is 0. The molecule has 14 heavy (non-hydrogen) atoms. The molecule has 0 spiro atoms. The van der Waals surface area contributed by atoms with Crippen molar-refractivity contribution in [2.45, 2.75) is 0 Å². The summed E-state index contributed by atoms with van der Waals surface area (Å²) < 4.78 is 0. The van der Waals surface area contributed by atoms with Crippen LogP contribution in [0.3, 0.4) is 0 Å². The van der Waals surface area contributed by atoms with Crippen LogP contribution in [0.2, 0.25) is 0 Å². The van der Waals surface area contributed by atoms with E-state index in [-0.39, 0.29) is 0 Å². The summed E-state index contributed by atoms with van der Waals surface area (Å²) in [6, 6.07) is 5.93. The van der Waals surface area contributed by atoms with Crippen LogP contribution in [0.4, 0.5) is 0 Å². The summed E-state index contributed by atoms with van der Waals surface area (Å²) in [7, 11) is 0. The minimum absolute atomic E-state index is 0.784. The third-order valence-corrected chi connectivity index (χ3v) is 2.25. The van der Waals surface area contributed by atoms with Gasteiger partial charge in [0.15, 0.2) is 5.65 Å². The van der Waals surface area contributed by atoms with Crippen LogP contribution in [0.25, 0.3) is 21.8 Å². The molecule has 0 amide bonds. The van der Waals surface area contributed by atoms with E-state index in [0.717, 1.165) is 21.8 Å². The van der Waals surface area contributed by atoms with E-state index in [1.807, 2.05) is 24.4 Å². The zero-order valence-corrected chi connectivity index (χ0v) is 7.38. The van der Waals surface area contributed by atoms with E-state index in [2.05, 4.69) is 15.0 Å². The molecule has 0 fully saturated rings. The van der Waals surface area contributed by atoms with Crippen LogP contribution >= 0.6 is 0 Å². The molecule has 3 nitrogen and oxygen atoms in total. The lowest BCUT2D eigenvalue weighted by atomic mass is 10.1. The van der Waals surface area contributed by atoms with E-state index >= 15 is 0 Å². The maximum absolute atomic E-state index is 4.26. The molecular formula is C11H7N3. The Kier molecular flexibility index (Phi) is 1.44. The second-order valence-electron chi connectivity index (χ2n) is 3.10. The predicted octanol–water partition coefficient (Wildman–Crippen LogP) is 2.18. The first-order valence-corrected chi connectivity index (χ1v) is 4.38. The van der Waals surface area contributed by atoms with Gasteiger partial charge in [0.2, 0.25) is 0 Å². The van der Waals surface area contributed by atoms with Crippen LogP contribution in [-0.2, 0) is 0 Å². The van der Waals surface area contributed by atoms with Crippen molar-refractivity contribution in [3.05, 3.63) is 43.0 Å². The Bertz CT molecular complexity index is 550. The molecule has 0 saturated carbocycles. The molecule has 0 saturated heterocycles. The fourth-order valence-electron chi connectivity index (χ4n) is 1.60. The number of hydrogen-bond acceptors (Lipinski definition) is 3. The summed E-state index contributed by atoms with van der Waals surface area (Å²) in [5.74, 6) is 0. The summed E-state index contributed by atoms with van der Waals surface area (Å²) in [6.45, 7) is 0. The third-order valence-electron chi connectivity index (χ3n) is 2.25. The van der Waals surface area contributed by atoms with Crippen LogP contribution < -0.4 is 0 Å². The summed E-state index contributed by atoms with van der Waals surface area (Å²) in [5, 5.41) is 3.28. The molecule has 66 valence electrons. The average Bonchev–Trinajstić information content (AvgIpc) is 2.29. The highest BCUT2D eigenvalue weighted by Gasteiger charge is 2.00. The van der Waals surface area contributed by atoms with Gasteiger partial charge in [-0.2, -0.15) is 0 Å². The van der Waals surface area contributed by atoms with Crippen molar-refractivity contribution in [3.63, 3.8) is 0 Å². The molecule has 0 aliphatic heterocycles. The van der Waals surface area contributed by atoms with Gasteiger partial charge in [-0.15, -0.1) is 0 Å². The van der Waals surface area contributed by atoms with Crippen LogP contribution in [0.1, 0.15) is 0 Å². The quantitative estimate of drug-likeness (QED) is 0.499.